The molecule has 3 heterocycles. The SMILES string of the molecule is CC(C)(C)OC(=O)N1CCN(C(=O)C(=O)c2c[nH]c3ccc(Br)cc23)C(c2c[nH]c3ccc(Br)cc23)C1. The van der Waals surface area contributed by atoms with Gasteiger partial charge in [0.05, 0.1) is 11.6 Å². The first-order chi connectivity index (χ1) is 17.5. The fraction of sp³-hybridized carbons (Fsp3) is 0.296. The highest BCUT2D eigenvalue weighted by Crippen LogP contribution is 2.34. The topological polar surface area (TPSA) is 98.5 Å². The standard InChI is InChI=1S/C27H26Br2N4O4/c1-27(2,3)37-26(36)32-8-9-33(23(14-32)19-12-30-21-6-4-15(28)10-17(19)21)25(35)24(34)20-13-31-22-7-5-16(29)11-18(20)22/h4-7,10-13,23,30-31H,8-9,14H2,1-3H3. The monoisotopic (exact) mass is 628 g/mol. The number of nitrogens with zero attached hydrogens (tertiary/aromatic N) is 2. The van der Waals surface area contributed by atoms with Gasteiger partial charge in [0.1, 0.15) is 5.60 Å². The third kappa shape index (κ3) is 5.04. The molecule has 1 atom stereocenters. The lowest BCUT2D eigenvalue weighted by Crippen LogP contribution is -2.54. The van der Waals surface area contributed by atoms with Crippen molar-refractivity contribution >= 4 is 71.4 Å². The van der Waals surface area contributed by atoms with Gasteiger partial charge < -0.3 is 24.5 Å². The maximum Gasteiger partial charge on any atom is 0.410 e. The Morgan fingerprint density at radius 1 is 0.919 bits per heavy atom. The number of H-pyrrole nitrogens is 2. The molecule has 10 heteroatoms. The summed E-state index contributed by atoms with van der Waals surface area (Å²) in [6, 6.07) is 10.8. The number of halogens is 2. The summed E-state index contributed by atoms with van der Waals surface area (Å²) < 4.78 is 7.31. The first kappa shape index (κ1) is 25.5. The van der Waals surface area contributed by atoms with E-state index in [1.807, 2.05) is 63.4 Å². The second kappa shape index (κ2) is 9.64. The Hall–Kier alpha value is -3.11. The number of piperazine rings is 1. The largest absolute Gasteiger partial charge is 0.444 e. The van der Waals surface area contributed by atoms with Crippen molar-refractivity contribution in [3.8, 4) is 0 Å². The van der Waals surface area contributed by atoms with Gasteiger partial charge in [-0.3, -0.25) is 9.59 Å². The van der Waals surface area contributed by atoms with E-state index in [9.17, 15) is 14.4 Å². The fourth-order valence-corrected chi connectivity index (χ4v) is 5.42. The number of nitrogens with one attached hydrogen (secondary N) is 2. The summed E-state index contributed by atoms with van der Waals surface area (Å²) in [5.41, 5.74) is 2.16. The Kier molecular flexibility index (Phi) is 6.66. The van der Waals surface area contributed by atoms with Crippen LogP contribution in [-0.4, -0.2) is 62.8 Å². The lowest BCUT2D eigenvalue weighted by Gasteiger charge is -2.41. The van der Waals surface area contributed by atoms with E-state index < -0.39 is 29.4 Å². The molecule has 0 spiro atoms. The van der Waals surface area contributed by atoms with E-state index in [0.29, 0.717) is 10.9 Å². The number of ether oxygens (including phenoxy) is 1. The van der Waals surface area contributed by atoms with Crippen LogP contribution < -0.4 is 0 Å². The molecule has 2 amide bonds. The van der Waals surface area contributed by atoms with Crippen LogP contribution in [0.4, 0.5) is 4.79 Å². The number of aromatic amines is 2. The number of rotatable bonds is 3. The van der Waals surface area contributed by atoms with Crippen LogP contribution in [0.1, 0.15) is 42.7 Å². The molecule has 1 fully saturated rings. The quantitative estimate of drug-likeness (QED) is 0.209. The molecule has 5 rings (SSSR count). The molecule has 8 nitrogen and oxygen atoms in total. The first-order valence-electron chi connectivity index (χ1n) is 11.9. The third-order valence-electron chi connectivity index (χ3n) is 6.41. The number of ketones is 1. The minimum atomic E-state index is -0.648. The summed E-state index contributed by atoms with van der Waals surface area (Å²) >= 11 is 6.97. The maximum atomic E-state index is 13.7. The number of Topliss-reactive ketones (excluding diaryl/α,β-unsaturated/α-hetero) is 1. The van der Waals surface area contributed by atoms with Crippen LogP contribution in [-0.2, 0) is 9.53 Å². The number of carbonyl (C=O) groups is 3. The molecule has 1 unspecified atom stereocenters. The van der Waals surface area contributed by atoms with Crippen LogP contribution in [0, 0.1) is 0 Å². The average molecular weight is 630 g/mol. The van der Waals surface area contributed by atoms with E-state index >= 15 is 0 Å². The average Bonchev–Trinajstić information content (AvgIpc) is 3.45. The second-order valence-corrected chi connectivity index (χ2v) is 11.9. The third-order valence-corrected chi connectivity index (χ3v) is 7.40. The van der Waals surface area contributed by atoms with Crippen molar-refractivity contribution in [1.29, 1.82) is 0 Å². The Morgan fingerprint density at radius 2 is 1.54 bits per heavy atom. The summed E-state index contributed by atoms with van der Waals surface area (Å²) in [5.74, 6) is -1.21. The van der Waals surface area contributed by atoms with Gasteiger partial charge in [-0.05, 0) is 57.2 Å². The predicted octanol–water partition coefficient (Wildman–Crippen LogP) is 6.18. The predicted molar refractivity (Wildman–Crippen MR) is 149 cm³/mol. The molecule has 1 aliphatic rings. The molecule has 192 valence electrons. The molecule has 0 bridgehead atoms. The molecule has 2 aromatic carbocycles. The zero-order chi connectivity index (χ0) is 26.5. The molecule has 1 saturated heterocycles. The van der Waals surface area contributed by atoms with Gasteiger partial charge in [0, 0.05) is 68.3 Å². The zero-order valence-corrected chi connectivity index (χ0v) is 23.8. The van der Waals surface area contributed by atoms with Crippen molar-refractivity contribution in [3.05, 3.63) is 68.9 Å². The van der Waals surface area contributed by atoms with Crippen molar-refractivity contribution < 1.29 is 19.1 Å². The minimum Gasteiger partial charge on any atom is -0.444 e. The van der Waals surface area contributed by atoms with Gasteiger partial charge in [-0.15, -0.1) is 0 Å². The van der Waals surface area contributed by atoms with Gasteiger partial charge in [-0.2, -0.15) is 0 Å². The lowest BCUT2D eigenvalue weighted by molar-refractivity contribution is -0.131. The molecule has 2 N–H and O–H groups in total. The Bertz CT molecular complexity index is 1530. The number of aromatic nitrogens is 2. The molecular formula is C27H26Br2N4O4. The van der Waals surface area contributed by atoms with E-state index in [2.05, 4.69) is 41.8 Å². The fourth-order valence-electron chi connectivity index (χ4n) is 4.70. The normalized spacial score (nSPS) is 16.4. The summed E-state index contributed by atoms with van der Waals surface area (Å²) in [7, 11) is 0. The van der Waals surface area contributed by atoms with Crippen LogP contribution in [0.5, 0.6) is 0 Å². The van der Waals surface area contributed by atoms with Gasteiger partial charge in [0.2, 0.25) is 0 Å². The van der Waals surface area contributed by atoms with Gasteiger partial charge in [-0.25, -0.2) is 4.79 Å². The Labute approximate surface area is 230 Å². The van der Waals surface area contributed by atoms with Crippen molar-refractivity contribution in [2.45, 2.75) is 32.4 Å². The Balaban J connectivity index is 1.52. The van der Waals surface area contributed by atoms with Crippen molar-refractivity contribution in [1.82, 2.24) is 19.8 Å². The van der Waals surface area contributed by atoms with Gasteiger partial charge in [0.25, 0.3) is 11.7 Å². The van der Waals surface area contributed by atoms with Gasteiger partial charge in [-0.1, -0.05) is 31.9 Å². The number of fused-ring (bicyclic) bond motifs is 2. The molecule has 0 radical (unpaired) electrons. The van der Waals surface area contributed by atoms with Crippen LogP contribution in [0.2, 0.25) is 0 Å². The van der Waals surface area contributed by atoms with Gasteiger partial charge >= 0.3 is 6.09 Å². The number of benzene rings is 2. The minimum absolute atomic E-state index is 0.196. The van der Waals surface area contributed by atoms with Crippen molar-refractivity contribution in [3.63, 3.8) is 0 Å². The number of amides is 2. The van der Waals surface area contributed by atoms with E-state index in [1.54, 1.807) is 16.0 Å². The van der Waals surface area contributed by atoms with Gasteiger partial charge in [0.15, 0.2) is 0 Å². The second-order valence-electron chi connectivity index (χ2n) is 10.1. The summed E-state index contributed by atoms with van der Waals surface area (Å²) in [5, 5.41) is 1.58. The molecule has 4 aromatic rings. The smallest absolute Gasteiger partial charge is 0.410 e. The van der Waals surface area contributed by atoms with Crippen LogP contribution >= 0.6 is 31.9 Å². The zero-order valence-electron chi connectivity index (χ0n) is 20.6. The van der Waals surface area contributed by atoms with Crippen LogP contribution in [0.3, 0.4) is 0 Å². The lowest BCUT2D eigenvalue weighted by atomic mass is 10.00. The first-order valence-corrected chi connectivity index (χ1v) is 13.5. The number of hydrogen-bond donors (Lipinski definition) is 2. The van der Waals surface area contributed by atoms with Crippen LogP contribution in [0.15, 0.2) is 57.7 Å². The number of carbonyl (C=O) groups excluding carboxylic acids is 3. The number of hydrogen-bond acceptors (Lipinski definition) is 4. The molecule has 37 heavy (non-hydrogen) atoms. The van der Waals surface area contributed by atoms with Crippen molar-refractivity contribution in [2.75, 3.05) is 19.6 Å². The van der Waals surface area contributed by atoms with Crippen molar-refractivity contribution in [2.24, 2.45) is 0 Å². The van der Waals surface area contributed by atoms with E-state index in [0.717, 1.165) is 30.9 Å². The molecular weight excluding hydrogens is 604 g/mol. The van der Waals surface area contributed by atoms with E-state index in [4.69, 9.17) is 4.74 Å². The molecule has 0 saturated carbocycles. The van der Waals surface area contributed by atoms with E-state index in [-0.39, 0.29) is 19.6 Å². The van der Waals surface area contributed by atoms with E-state index in [1.165, 1.54) is 0 Å². The molecule has 1 aliphatic heterocycles. The summed E-state index contributed by atoms with van der Waals surface area (Å²) in [4.78, 5) is 49.7. The molecule has 2 aromatic heterocycles. The van der Waals surface area contributed by atoms with Crippen LogP contribution in [0.25, 0.3) is 21.8 Å². The highest BCUT2D eigenvalue weighted by Gasteiger charge is 2.39. The Morgan fingerprint density at radius 3 is 2.22 bits per heavy atom. The molecule has 0 aliphatic carbocycles. The highest BCUT2D eigenvalue weighted by atomic mass is 79.9. The maximum absolute atomic E-state index is 13.7. The summed E-state index contributed by atoms with van der Waals surface area (Å²) in [6.07, 6.45) is 2.97. The summed E-state index contributed by atoms with van der Waals surface area (Å²) in [6.45, 7) is 6.11. The highest BCUT2D eigenvalue weighted by molar-refractivity contribution is 9.10.